The van der Waals surface area contributed by atoms with E-state index < -0.39 is 0 Å². The number of carbonyl (C=O) groups is 2. The highest BCUT2D eigenvalue weighted by molar-refractivity contribution is 8.04. The number of hydrogen-bond acceptors (Lipinski definition) is 3. The highest BCUT2D eigenvalue weighted by Crippen LogP contribution is 2.39. The summed E-state index contributed by atoms with van der Waals surface area (Å²) in [5.74, 6) is -0.224. The topological polar surface area (TPSA) is 62.6 Å². The normalized spacial score (nSPS) is 18.2. The van der Waals surface area contributed by atoms with Gasteiger partial charge in [0.05, 0.1) is 30.2 Å². The summed E-state index contributed by atoms with van der Waals surface area (Å²) in [5.41, 5.74) is 2.26. The van der Waals surface area contributed by atoms with E-state index in [1.54, 1.807) is 11.0 Å². The molecule has 0 aliphatic carbocycles. The minimum Gasteiger partial charge on any atom is -0.352 e. The number of likely N-dealkylation sites (tertiary alicyclic amines) is 1. The van der Waals surface area contributed by atoms with Crippen LogP contribution < -0.4 is 15.5 Å². The Balaban J connectivity index is 1.32. The number of amides is 2. The van der Waals surface area contributed by atoms with Gasteiger partial charge in [-0.1, -0.05) is 42.1 Å². The van der Waals surface area contributed by atoms with Crippen molar-refractivity contribution in [2.75, 3.05) is 31.5 Å². The number of benzene rings is 2. The monoisotopic (exact) mass is 436 g/mol. The van der Waals surface area contributed by atoms with E-state index in [-0.39, 0.29) is 11.8 Å². The van der Waals surface area contributed by atoms with Crippen LogP contribution in [0.4, 0.5) is 5.69 Å². The first-order valence-electron chi connectivity index (χ1n) is 11.2. The third-order valence-electron chi connectivity index (χ3n) is 5.83. The maximum atomic E-state index is 12.6. The molecule has 2 amide bonds. The molecule has 5 nitrogen and oxygen atoms in total. The predicted octanol–water partition coefficient (Wildman–Crippen LogP) is 3.35. The number of thioether (sulfide) groups is 1. The molecule has 162 valence electrons. The first-order valence-corrected chi connectivity index (χ1v) is 12.0. The molecule has 1 fully saturated rings. The van der Waals surface area contributed by atoms with Gasteiger partial charge >= 0.3 is 0 Å². The molecule has 2 aromatic carbocycles. The lowest BCUT2D eigenvalue weighted by atomic mass is 10.1. The number of anilines is 1. The van der Waals surface area contributed by atoms with Crippen molar-refractivity contribution in [3.8, 4) is 0 Å². The van der Waals surface area contributed by atoms with Crippen LogP contribution in [0.3, 0.4) is 0 Å². The summed E-state index contributed by atoms with van der Waals surface area (Å²) in [7, 11) is 0. The van der Waals surface area contributed by atoms with E-state index >= 15 is 0 Å². The van der Waals surface area contributed by atoms with Crippen molar-refractivity contribution in [1.29, 1.82) is 0 Å². The predicted molar refractivity (Wildman–Crippen MR) is 126 cm³/mol. The van der Waals surface area contributed by atoms with Crippen molar-refractivity contribution in [3.63, 3.8) is 0 Å². The molecule has 2 aliphatic heterocycles. The molecule has 1 saturated heterocycles. The first-order chi connectivity index (χ1) is 15.2. The van der Waals surface area contributed by atoms with Crippen LogP contribution >= 0.6 is 11.8 Å². The quantitative estimate of drug-likeness (QED) is 0.481. The molecule has 0 bridgehead atoms. The third kappa shape index (κ3) is 5.99. The molecule has 31 heavy (non-hydrogen) atoms. The van der Waals surface area contributed by atoms with Gasteiger partial charge < -0.3 is 15.5 Å². The van der Waals surface area contributed by atoms with Gasteiger partial charge in [-0.3, -0.25) is 9.59 Å². The molecule has 0 saturated carbocycles. The first kappa shape index (κ1) is 21.7. The van der Waals surface area contributed by atoms with E-state index in [4.69, 9.17) is 0 Å². The molecule has 0 aromatic heterocycles. The molecule has 2 aliphatic rings. The smallest absolute Gasteiger partial charge is 0.262 e. The lowest BCUT2D eigenvalue weighted by Crippen LogP contribution is -3.11. The number of quaternary nitrogens is 1. The van der Waals surface area contributed by atoms with Crippen molar-refractivity contribution >= 4 is 35.3 Å². The summed E-state index contributed by atoms with van der Waals surface area (Å²) in [6.45, 7) is 4.33. The average Bonchev–Trinajstić information content (AvgIpc) is 3.06. The van der Waals surface area contributed by atoms with Crippen LogP contribution in [0.1, 0.15) is 48.0 Å². The Kier molecular flexibility index (Phi) is 7.43. The molecule has 6 heteroatoms. The fraction of sp³-hybridized carbons (Fsp3) is 0.360. The van der Waals surface area contributed by atoms with Crippen LogP contribution in [0.5, 0.6) is 0 Å². The largest absolute Gasteiger partial charge is 0.352 e. The lowest BCUT2D eigenvalue weighted by molar-refractivity contribution is -0.899. The second-order valence-corrected chi connectivity index (χ2v) is 9.29. The summed E-state index contributed by atoms with van der Waals surface area (Å²) >= 11 is 1.43. The van der Waals surface area contributed by atoms with E-state index in [1.165, 1.54) is 50.5 Å². The minimum absolute atomic E-state index is 0.0847. The van der Waals surface area contributed by atoms with Crippen LogP contribution in [0.2, 0.25) is 0 Å². The Morgan fingerprint density at radius 2 is 1.84 bits per heavy atom. The van der Waals surface area contributed by atoms with E-state index in [0.717, 1.165) is 23.4 Å². The molecule has 4 rings (SSSR count). The Labute approximate surface area is 188 Å². The third-order valence-corrected chi connectivity index (χ3v) is 6.93. The second kappa shape index (κ2) is 10.6. The van der Waals surface area contributed by atoms with Gasteiger partial charge in [0.2, 0.25) is 0 Å². The minimum atomic E-state index is -0.140. The van der Waals surface area contributed by atoms with Crippen LogP contribution in [0.25, 0.3) is 6.08 Å². The Bertz CT molecular complexity index is 950. The summed E-state index contributed by atoms with van der Waals surface area (Å²) in [6.07, 6.45) is 8.24. The Morgan fingerprint density at radius 1 is 1.06 bits per heavy atom. The fourth-order valence-corrected chi connectivity index (χ4v) is 5.05. The molecule has 0 radical (unpaired) electrons. The molecular weight excluding hydrogens is 406 g/mol. The van der Waals surface area contributed by atoms with Crippen LogP contribution in [-0.4, -0.2) is 38.0 Å². The van der Waals surface area contributed by atoms with Crippen molar-refractivity contribution in [3.05, 3.63) is 64.6 Å². The van der Waals surface area contributed by atoms with Gasteiger partial charge in [0.25, 0.3) is 11.8 Å². The second-order valence-electron chi connectivity index (χ2n) is 8.21. The molecule has 0 spiro atoms. The van der Waals surface area contributed by atoms with E-state index in [1.807, 2.05) is 48.5 Å². The van der Waals surface area contributed by atoms with Crippen LogP contribution in [0, 0.1) is 0 Å². The number of fused-ring (bicyclic) bond motifs is 1. The van der Waals surface area contributed by atoms with Gasteiger partial charge in [-0.2, -0.15) is 0 Å². The van der Waals surface area contributed by atoms with Crippen molar-refractivity contribution in [2.45, 2.75) is 37.0 Å². The van der Waals surface area contributed by atoms with E-state index in [9.17, 15) is 9.59 Å². The zero-order valence-corrected chi connectivity index (χ0v) is 18.6. The van der Waals surface area contributed by atoms with Crippen LogP contribution in [0.15, 0.2) is 58.3 Å². The summed E-state index contributed by atoms with van der Waals surface area (Å²) in [4.78, 5) is 28.4. The SMILES string of the molecule is O=C1Nc2cc(C(=O)NCCC[NH+]3CCCCCC3)ccc2SC1=Cc1ccccc1. The van der Waals surface area contributed by atoms with Gasteiger partial charge in [0.1, 0.15) is 0 Å². The summed E-state index contributed by atoms with van der Waals surface area (Å²) in [6, 6.07) is 15.3. The average molecular weight is 437 g/mol. The maximum absolute atomic E-state index is 12.6. The highest BCUT2D eigenvalue weighted by Gasteiger charge is 2.22. The van der Waals surface area contributed by atoms with Crippen molar-refractivity contribution in [2.24, 2.45) is 0 Å². The van der Waals surface area contributed by atoms with Gasteiger partial charge in [0.15, 0.2) is 0 Å². The maximum Gasteiger partial charge on any atom is 0.262 e. The lowest BCUT2D eigenvalue weighted by Gasteiger charge is -2.19. The molecule has 0 unspecified atom stereocenters. The zero-order valence-electron chi connectivity index (χ0n) is 17.8. The fourth-order valence-electron chi connectivity index (χ4n) is 4.12. The Morgan fingerprint density at radius 3 is 2.61 bits per heavy atom. The van der Waals surface area contributed by atoms with Gasteiger partial charge in [0, 0.05) is 23.4 Å². The summed E-state index contributed by atoms with van der Waals surface area (Å²) in [5, 5.41) is 5.96. The van der Waals surface area contributed by atoms with Crippen molar-refractivity contribution in [1.82, 2.24) is 5.32 Å². The van der Waals surface area contributed by atoms with Gasteiger partial charge in [-0.15, -0.1) is 0 Å². The molecular formula is C25H30N3O2S+. The number of hydrogen-bond donors (Lipinski definition) is 3. The molecule has 3 N–H and O–H groups in total. The number of nitrogens with one attached hydrogen (secondary N) is 3. The van der Waals surface area contributed by atoms with E-state index in [2.05, 4.69) is 10.6 Å². The zero-order chi connectivity index (χ0) is 21.5. The van der Waals surface area contributed by atoms with Gasteiger partial charge in [-0.05, 0) is 55.5 Å². The van der Waals surface area contributed by atoms with Crippen molar-refractivity contribution < 1.29 is 14.5 Å². The Hall–Kier alpha value is -2.57. The number of carbonyl (C=O) groups excluding carboxylic acids is 2. The standard InChI is InChI=1S/C25H29N3O2S/c29-24(26-13-8-16-28-14-6-1-2-7-15-28)20-11-12-22-21(18-20)27-25(30)23(31-22)17-19-9-4-3-5-10-19/h3-5,9-12,17-18H,1-2,6-8,13-16H2,(H,26,29)(H,27,30)/p+1. The molecule has 2 heterocycles. The van der Waals surface area contributed by atoms with Gasteiger partial charge in [-0.25, -0.2) is 0 Å². The van der Waals surface area contributed by atoms with E-state index in [0.29, 0.717) is 22.7 Å². The highest BCUT2D eigenvalue weighted by atomic mass is 32.2. The molecule has 2 aromatic rings. The summed E-state index contributed by atoms with van der Waals surface area (Å²) < 4.78 is 0. The number of rotatable bonds is 6. The van der Waals surface area contributed by atoms with Crippen LogP contribution in [-0.2, 0) is 4.79 Å². The molecule has 0 atom stereocenters.